The molecule has 0 saturated heterocycles. The van der Waals surface area contributed by atoms with E-state index in [0.29, 0.717) is 12.1 Å². The number of carboxylic acids is 2. The molecule has 18 heavy (non-hydrogen) atoms. The number of hydrogen-bond acceptors (Lipinski definition) is 6. The normalized spacial score (nSPS) is 26.4. The van der Waals surface area contributed by atoms with Crippen molar-refractivity contribution in [3.8, 4) is 0 Å². The molecule has 8 heteroatoms. The molecule has 0 spiro atoms. The largest absolute Gasteiger partial charge is 0.479 e. The van der Waals surface area contributed by atoms with E-state index < -0.39 is 24.1 Å². The van der Waals surface area contributed by atoms with E-state index in [4.69, 9.17) is 31.9 Å². The molecule has 1 rings (SSSR count). The maximum Gasteiger partial charge on any atom is 0.335 e. The summed E-state index contributed by atoms with van der Waals surface area (Å²) in [6.07, 6.45) is 0.0685. The summed E-state index contributed by atoms with van der Waals surface area (Å²) in [5.41, 5.74) is 11.3. The summed E-state index contributed by atoms with van der Waals surface area (Å²) in [7, 11) is 0. The molecule has 0 heterocycles. The topological polar surface area (TPSA) is 167 Å². The van der Waals surface area contributed by atoms with E-state index in [2.05, 4.69) is 0 Å². The first-order valence-corrected chi connectivity index (χ1v) is 5.58. The molecule has 0 amide bonds. The first-order chi connectivity index (χ1) is 8.25. The zero-order valence-electron chi connectivity index (χ0n) is 9.90. The Morgan fingerprint density at radius 1 is 0.944 bits per heavy atom. The zero-order chi connectivity index (χ0) is 14.3. The Labute approximate surface area is 104 Å². The molecule has 1 saturated carbocycles. The quantitative estimate of drug-likeness (QED) is 0.343. The van der Waals surface area contributed by atoms with Crippen LogP contribution in [0.5, 0.6) is 0 Å². The molecular formula is C10H20N2O6. The van der Waals surface area contributed by atoms with E-state index in [1.165, 1.54) is 19.3 Å². The van der Waals surface area contributed by atoms with Gasteiger partial charge in [0.05, 0.1) is 0 Å². The highest BCUT2D eigenvalue weighted by atomic mass is 16.4. The summed E-state index contributed by atoms with van der Waals surface area (Å²) in [5, 5.41) is 32.5. The van der Waals surface area contributed by atoms with Gasteiger partial charge >= 0.3 is 11.9 Å². The predicted molar refractivity (Wildman–Crippen MR) is 61.7 cm³/mol. The summed E-state index contributed by atoms with van der Waals surface area (Å²) in [4.78, 5) is 19.5. The SMILES string of the molecule is NC1CCCC(N)C1.O=C(O)C(O)C(O)C(=O)O. The minimum atomic E-state index is -2.27. The van der Waals surface area contributed by atoms with Crippen LogP contribution in [0.1, 0.15) is 25.7 Å². The van der Waals surface area contributed by atoms with Crippen LogP contribution in [0.2, 0.25) is 0 Å². The molecule has 0 aliphatic heterocycles. The van der Waals surface area contributed by atoms with Gasteiger partial charge in [-0.05, 0) is 19.3 Å². The van der Waals surface area contributed by atoms with Gasteiger partial charge < -0.3 is 31.9 Å². The van der Waals surface area contributed by atoms with E-state index >= 15 is 0 Å². The Kier molecular flexibility index (Phi) is 7.44. The third kappa shape index (κ3) is 6.50. The van der Waals surface area contributed by atoms with Crippen LogP contribution in [-0.4, -0.2) is 56.7 Å². The molecule has 4 atom stereocenters. The number of carbonyl (C=O) groups is 2. The van der Waals surface area contributed by atoms with Crippen LogP contribution >= 0.6 is 0 Å². The molecule has 0 aromatic heterocycles. The van der Waals surface area contributed by atoms with Gasteiger partial charge in [0.15, 0.2) is 12.2 Å². The maximum atomic E-state index is 9.77. The second-order valence-electron chi connectivity index (χ2n) is 4.25. The number of aliphatic hydroxyl groups excluding tert-OH is 2. The van der Waals surface area contributed by atoms with E-state index in [0.717, 1.165) is 6.42 Å². The fourth-order valence-electron chi connectivity index (χ4n) is 1.54. The van der Waals surface area contributed by atoms with Crippen molar-refractivity contribution in [1.29, 1.82) is 0 Å². The van der Waals surface area contributed by atoms with Gasteiger partial charge in [-0.15, -0.1) is 0 Å². The number of nitrogens with two attached hydrogens (primary N) is 2. The molecular weight excluding hydrogens is 244 g/mol. The third-order valence-electron chi connectivity index (χ3n) is 2.56. The van der Waals surface area contributed by atoms with Crippen LogP contribution in [0.15, 0.2) is 0 Å². The van der Waals surface area contributed by atoms with Gasteiger partial charge in [-0.1, -0.05) is 6.42 Å². The maximum absolute atomic E-state index is 9.77. The summed E-state index contributed by atoms with van der Waals surface area (Å²) in [5.74, 6) is -3.54. The highest BCUT2D eigenvalue weighted by Crippen LogP contribution is 2.14. The van der Waals surface area contributed by atoms with E-state index in [9.17, 15) is 9.59 Å². The first kappa shape index (κ1) is 16.8. The molecule has 106 valence electrons. The van der Waals surface area contributed by atoms with E-state index in [-0.39, 0.29) is 0 Å². The second-order valence-corrected chi connectivity index (χ2v) is 4.25. The lowest BCUT2D eigenvalue weighted by Gasteiger charge is -2.22. The Hall–Kier alpha value is -1.22. The number of carboxylic acid groups (broad SMARTS) is 2. The predicted octanol–water partition coefficient (Wildman–Crippen LogP) is -1.91. The van der Waals surface area contributed by atoms with Crippen molar-refractivity contribution in [2.24, 2.45) is 11.5 Å². The van der Waals surface area contributed by atoms with Crippen LogP contribution in [-0.2, 0) is 9.59 Å². The Bertz CT molecular complexity index is 260. The van der Waals surface area contributed by atoms with Crippen molar-refractivity contribution < 1.29 is 30.0 Å². The highest BCUT2D eigenvalue weighted by Gasteiger charge is 2.29. The van der Waals surface area contributed by atoms with Gasteiger partial charge in [0.1, 0.15) is 0 Å². The fourth-order valence-corrected chi connectivity index (χ4v) is 1.54. The van der Waals surface area contributed by atoms with Crippen molar-refractivity contribution >= 4 is 11.9 Å². The van der Waals surface area contributed by atoms with Crippen LogP contribution in [0.4, 0.5) is 0 Å². The summed E-state index contributed by atoms with van der Waals surface area (Å²) >= 11 is 0. The number of hydrogen-bond donors (Lipinski definition) is 6. The smallest absolute Gasteiger partial charge is 0.335 e. The Morgan fingerprint density at radius 2 is 1.28 bits per heavy atom. The van der Waals surface area contributed by atoms with Crippen molar-refractivity contribution in [3.63, 3.8) is 0 Å². The Balaban J connectivity index is 0.000000327. The molecule has 0 aromatic carbocycles. The van der Waals surface area contributed by atoms with Crippen molar-refractivity contribution in [3.05, 3.63) is 0 Å². The molecule has 0 radical (unpaired) electrons. The lowest BCUT2D eigenvalue weighted by molar-refractivity contribution is -0.165. The number of aliphatic hydroxyl groups is 2. The Morgan fingerprint density at radius 3 is 1.44 bits per heavy atom. The summed E-state index contributed by atoms with van der Waals surface area (Å²) < 4.78 is 0. The van der Waals surface area contributed by atoms with Crippen LogP contribution in [0.25, 0.3) is 0 Å². The van der Waals surface area contributed by atoms with Crippen LogP contribution in [0, 0.1) is 0 Å². The van der Waals surface area contributed by atoms with Crippen molar-refractivity contribution in [2.45, 2.75) is 50.0 Å². The van der Waals surface area contributed by atoms with Gasteiger partial charge in [-0.25, -0.2) is 9.59 Å². The van der Waals surface area contributed by atoms with Gasteiger partial charge in [-0.2, -0.15) is 0 Å². The zero-order valence-corrected chi connectivity index (χ0v) is 9.90. The molecule has 1 fully saturated rings. The standard InChI is InChI=1S/C6H14N2.C4H6O6/c7-5-2-1-3-6(8)4-5;5-1(3(7)8)2(6)4(9)10/h5-6H,1-4,7-8H2;1-2,5-6H,(H,7,8)(H,9,10). The summed E-state index contributed by atoms with van der Waals surface area (Å²) in [6, 6.07) is 0.775. The third-order valence-corrected chi connectivity index (χ3v) is 2.56. The van der Waals surface area contributed by atoms with Gasteiger partial charge in [0.2, 0.25) is 0 Å². The fraction of sp³-hybridized carbons (Fsp3) is 0.800. The molecule has 4 unspecified atom stereocenters. The average molecular weight is 264 g/mol. The monoisotopic (exact) mass is 264 g/mol. The van der Waals surface area contributed by atoms with Gasteiger partial charge in [0, 0.05) is 12.1 Å². The lowest BCUT2D eigenvalue weighted by Crippen LogP contribution is -2.39. The van der Waals surface area contributed by atoms with Crippen molar-refractivity contribution in [1.82, 2.24) is 0 Å². The van der Waals surface area contributed by atoms with Crippen molar-refractivity contribution in [2.75, 3.05) is 0 Å². The molecule has 8 N–H and O–H groups in total. The average Bonchev–Trinajstić information content (AvgIpc) is 2.27. The van der Waals surface area contributed by atoms with Gasteiger partial charge in [-0.3, -0.25) is 0 Å². The lowest BCUT2D eigenvalue weighted by atomic mass is 9.92. The van der Waals surface area contributed by atoms with Gasteiger partial charge in [0.25, 0.3) is 0 Å². The number of aliphatic carboxylic acids is 2. The van der Waals surface area contributed by atoms with E-state index in [1.54, 1.807) is 0 Å². The molecule has 1 aliphatic rings. The first-order valence-electron chi connectivity index (χ1n) is 5.58. The minimum Gasteiger partial charge on any atom is -0.479 e. The minimum absolute atomic E-state index is 0.388. The second kappa shape index (κ2) is 7.98. The molecule has 1 aliphatic carbocycles. The highest BCUT2D eigenvalue weighted by molar-refractivity contribution is 5.83. The summed E-state index contributed by atoms with van der Waals surface area (Å²) in [6.45, 7) is 0. The van der Waals surface area contributed by atoms with Crippen LogP contribution in [0.3, 0.4) is 0 Å². The van der Waals surface area contributed by atoms with E-state index in [1.807, 2.05) is 0 Å². The molecule has 0 bridgehead atoms. The molecule has 0 aromatic rings. The van der Waals surface area contributed by atoms with Crippen LogP contribution < -0.4 is 11.5 Å². The number of rotatable bonds is 3. The molecule has 8 nitrogen and oxygen atoms in total.